The number of nitrogens with one attached hydrogen (secondary N) is 2. The SMILES string of the molecule is c1ccc(-c2ccc(CP(C34CC5CC(CC(C5)C3)C4)C34CC5CC(CC(C5)C3)C4)c(CP(C3CCCNC3)C3CCCNC3)c2)cc1. The first-order chi connectivity index (χ1) is 23.6. The maximum absolute atomic E-state index is 3.87. The van der Waals surface area contributed by atoms with Gasteiger partial charge in [0.25, 0.3) is 0 Å². The number of benzene rings is 2. The van der Waals surface area contributed by atoms with Crippen LogP contribution in [0.1, 0.15) is 114 Å². The van der Waals surface area contributed by atoms with Crippen LogP contribution in [0.3, 0.4) is 0 Å². The van der Waals surface area contributed by atoms with E-state index in [2.05, 4.69) is 59.2 Å². The van der Waals surface area contributed by atoms with Gasteiger partial charge in [0.2, 0.25) is 0 Å². The quantitative estimate of drug-likeness (QED) is 0.258. The molecule has 2 nitrogen and oxygen atoms in total. The number of rotatable bonds is 9. The molecule has 2 aromatic carbocycles. The standard InChI is InChI=1S/C44H62N2P2/c1-2-6-37(7-3-1)38-10-11-39(40(20-38)29-47(41-8-4-12-45-27-41)42-9-5-13-46-28-42)30-48(43-21-31-14-32(22-43)16-33(15-31)23-43)44-24-34-17-35(25-44)19-36(18-34)26-44/h1-3,6-7,10-11,20,31-36,41-42,45-46H,4-5,8-9,12-19,21-30H2. The van der Waals surface area contributed by atoms with Gasteiger partial charge in [-0.05, 0) is 208 Å². The molecular formula is C44H62N2P2. The highest BCUT2D eigenvalue weighted by Crippen LogP contribution is 2.79. The van der Waals surface area contributed by atoms with Crippen LogP contribution in [-0.2, 0) is 12.3 Å². The van der Waals surface area contributed by atoms with Crippen LogP contribution in [0.2, 0.25) is 0 Å². The van der Waals surface area contributed by atoms with Gasteiger partial charge in [0.05, 0.1) is 0 Å². The molecule has 2 unspecified atom stereocenters. The minimum atomic E-state index is -0.0676. The summed E-state index contributed by atoms with van der Waals surface area (Å²) in [5.41, 5.74) is 8.28. The highest BCUT2D eigenvalue weighted by molar-refractivity contribution is 7.60. The fourth-order valence-corrected chi connectivity index (χ4v) is 23.3. The van der Waals surface area contributed by atoms with Crippen molar-refractivity contribution in [2.75, 3.05) is 26.2 Å². The third kappa shape index (κ3) is 5.92. The van der Waals surface area contributed by atoms with E-state index >= 15 is 0 Å². The Morgan fingerprint density at radius 3 is 1.50 bits per heavy atom. The molecule has 4 heteroatoms. The predicted octanol–water partition coefficient (Wildman–Crippen LogP) is 10.8. The highest BCUT2D eigenvalue weighted by atomic mass is 31.1. The van der Waals surface area contributed by atoms with Crippen molar-refractivity contribution in [1.82, 2.24) is 10.6 Å². The molecule has 0 radical (unpaired) electrons. The number of hydrogen-bond donors (Lipinski definition) is 2. The van der Waals surface area contributed by atoms with Gasteiger partial charge in [0.15, 0.2) is 0 Å². The van der Waals surface area contributed by atoms with Crippen molar-refractivity contribution in [2.24, 2.45) is 35.5 Å². The van der Waals surface area contributed by atoms with Crippen LogP contribution in [0.25, 0.3) is 11.1 Å². The maximum Gasteiger partial charge on any atom is 0.00191 e. The van der Waals surface area contributed by atoms with Crippen molar-refractivity contribution in [3.05, 3.63) is 59.7 Å². The van der Waals surface area contributed by atoms with Crippen LogP contribution in [-0.4, -0.2) is 47.8 Å². The van der Waals surface area contributed by atoms with Gasteiger partial charge < -0.3 is 10.6 Å². The molecule has 2 N–H and O–H groups in total. The third-order valence-electron chi connectivity index (χ3n) is 15.6. The summed E-state index contributed by atoms with van der Waals surface area (Å²) in [6, 6.07) is 19.4. The van der Waals surface area contributed by atoms with E-state index in [1.54, 1.807) is 82.6 Å². The second kappa shape index (κ2) is 13.0. The molecule has 2 heterocycles. The summed E-state index contributed by atoms with van der Waals surface area (Å²) in [7, 11) is -0.104. The lowest BCUT2D eigenvalue weighted by Gasteiger charge is -2.67. The second-order valence-electron chi connectivity index (χ2n) is 18.9. The highest BCUT2D eigenvalue weighted by Gasteiger charge is 2.62. The molecule has 2 atom stereocenters. The van der Waals surface area contributed by atoms with Gasteiger partial charge in [-0.3, -0.25) is 0 Å². The van der Waals surface area contributed by atoms with Gasteiger partial charge in [-0.1, -0.05) is 64.4 Å². The summed E-state index contributed by atoms with van der Waals surface area (Å²) < 4.78 is 0. The zero-order valence-electron chi connectivity index (χ0n) is 29.7. The Morgan fingerprint density at radius 2 is 1.04 bits per heavy atom. The van der Waals surface area contributed by atoms with E-state index in [0.29, 0.717) is 10.3 Å². The van der Waals surface area contributed by atoms with Crippen LogP contribution < -0.4 is 10.6 Å². The average molecular weight is 681 g/mol. The summed E-state index contributed by atoms with van der Waals surface area (Å²) in [6.45, 7) is 5.00. The first kappa shape index (κ1) is 31.9. The molecule has 2 aromatic rings. The van der Waals surface area contributed by atoms with Crippen LogP contribution in [0.15, 0.2) is 48.5 Å². The van der Waals surface area contributed by atoms with E-state index in [-0.39, 0.29) is 15.8 Å². The van der Waals surface area contributed by atoms with E-state index < -0.39 is 0 Å². The first-order valence-corrected chi connectivity index (χ1v) is 23.9. The van der Waals surface area contributed by atoms with E-state index in [4.69, 9.17) is 0 Å². The van der Waals surface area contributed by atoms with Gasteiger partial charge in [0, 0.05) is 13.1 Å². The fourth-order valence-electron chi connectivity index (χ4n) is 14.5. The summed E-state index contributed by atoms with van der Waals surface area (Å²) in [4.78, 5) is 0. The average Bonchev–Trinajstić information content (AvgIpc) is 3.10. The molecule has 0 aromatic heterocycles. The van der Waals surface area contributed by atoms with Crippen molar-refractivity contribution in [1.29, 1.82) is 0 Å². The van der Waals surface area contributed by atoms with Crippen molar-refractivity contribution in [3.63, 3.8) is 0 Å². The minimum absolute atomic E-state index is 0.0367. The van der Waals surface area contributed by atoms with Crippen molar-refractivity contribution in [2.45, 2.75) is 137 Å². The summed E-state index contributed by atoms with van der Waals surface area (Å²) in [5.74, 6) is 6.42. The van der Waals surface area contributed by atoms with Crippen LogP contribution in [0, 0.1) is 35.5 Å². The van der Waals surface area contributed by atoms with E-state index in [1.807, 2.05) is 5.56 Å². The van der Waals surface area contributed by atoms with Gasteiger partial charge in [0.1, 0.15) is 0 Å². The molecule has 258 valence electrons. The summed E-state index contributed by atoms with van der Waals surface area (Å²) in [5, 5.41) is 9.15. The predicted molar refractivity (Wildman–Crippen MR) is 207 cm³/mol. The zero-order valence-corrected chi connectivity index (χ0v) is 31.5. The molecule has 10 aliphatic rings. The lowest BCUT2D eigenvalue weighted by atomic mass is 9.55. The molecule has 0 spiro atoms. The molecular weight excluding hydrogens is 618 g/mol. The largest absolute Gasteiger partial charge is 0.316 e. The topological polar surface area (TPSA) is 24.1 Å². The third-order valence-corrected chi connectivity index (χ3v) is 23.1. The zero-order chi connectivity index (χ0) is 31.7. The molecule has 8 aliphatic carbocycles. The Hall–Kier alpha value is -0.780. The minimum Gasteiger partial charge on any atom is -0.316 e. The monoisotopic (exact) mass is 680 g/mol. The molecule has 2 aliphatic heterocycles. The Kier molecular flexibility index (Phi) is 8.65. The molecule has 10 fully saturated rings. The normalized spacial score (nSPS) is 42.6. The van der Waals surface area contributed by atoms with E-state index in [1.165, 1.54) is 75.3 Å². The molecule has 2 saturated heterocycles. The Morgan fingerprint density at radius 1 is 0.542 bits per heavy atom. The Balaban J connectivity index is 1.06. The molecule has 0 amide bonds. The second-order valence-corrected chi connectivity index (χ2v) is 24.8. The molecule has 8 bridgehead atoms. The van der Waals surface area contributed by atoms with Crippen molar-refractivity contribution in [3.8, 4) is 11.1 Å². The Bertz CT molecular complexity index is 1310. The maximum atomic E-state index is 3.87. The van der Waals surface area contributed by atoms with Gasteiger partial charge in [-0.15, -0.1) is 0 Å². The molecule has 48 heavy (non-hydrogen) atoms. The van der Waals surface area contributed by atoms with Crippen molar-refractivity contribution < 1.29 is 0 Å². The lowest BCUT2D eigenvalue weighted by Crippen LogP contribution is -2.56. The van der Waals surface area contributed by atoms with Gasteiger partial charge in [-0.2, -0.15) is 0 Å². The smallest absolute Gasteiger partial charge is 0.00191 e. The molecule has 12 rings (SSSR count). The number of piperidine rings is 2. The molecule has 8 saturated carbocycles. The van der Waals surface area contributed by atoms with E-state index in [0.717, 1.165) is 46.8 Å². The Labute approximate surface area is 294 Å². The van der Waals surface area contributed by atoms with Gasteiger partial charge in [-0.25, -0.2) is 0 Å². The van der Waals surface area contributed by atoms with Crippen LogP contribution in [0.5, 0.6) is 0 Å². The van der Waals surface area contributed by atoms with Crippen molar-refractivity contribution >= 4 is 15.8 Å². The lowest BCUT2D eigenvalue weighted by molar-refractivity contribution is 0.0184. The van der Waals surface area contributed by atoms with Gasteiger partial charge >= 0.3 is 0 Å². The van der Waals surface area contributed by atoms with E-state index in [9.17, 15) is 0 Å². The summed E-state index contributed by atoms with van der Waals surface area (Å²) >= 11 is 0. The first-order valence-electron chi connectivity index (χ1n) is 20.7. The van der Waals surface area contributed by atoms with Crippen LogP contribution >= 0.6 is 15.8 Å². The fraction of sp³-hybridized carbons (Fsp3) is 0.727. The summed E-state index contributed by atoms with van der Waals surface area (Å²) in [6.07, 6.45) is 27.8. The van der Waals surface area contributed by atoms with Crippen LogP contribution in [0.4, 0.5) is 0 Å². The number of hydrogen-bond acceptors (Lipinski definition) is 2.